The van der Waals surface area contributed by atoms with Crippen LogP contribution < -0.4 is 5.32 Å². The molecule has 0 fully saturated rings. The second-order valence-corrected chi connectivity index (χ2v) is 8.38. The number of hydrogen-bond donors (Lipinski definition) is 1. The monoisotopic (exact) mass is 387 g/mol. The van der Waals surface area contributed by atoms with E-state index in [0.717, 1.165) is 12.1 Å². The highest BCUT2D eigenvalue weighted by molar-refractivity contribution is 7.92. The predicted molar refractivity (Wildman–Crippen MR) is 93.3 cm³/mol. The molecule has 1 amide bonds. The van der Waals surface area contributed by atoms with Gasteiger partial charge < -0.3 is 5.32 Å². The van der Waals surface area contributed by atoms with Crippen molar-refractivity contribution in [3.8, 4) is 0 Å². The third-order valence-corrected chi connectivity index (χ3v) is 6.03. The molecule has 25 heavy (non-hydrogen) atoms. The maximum absolute atomic E-state index is 13.3. The molecule has 0 aromatic heterocycles. The largest absolute Gasteiger partial charge is 0.325 e. The summed E-state index contributed by atoms with van der Waals surface area (Å²) in [6, 6.07) is 7.39. The van der Waals surface area contributed by atoms with E-state index in [-0.39, 0.29) is 16.3 Å². The number of anilines is 1. The fourth-order valence-corrected chi connectivity index (χ4v) is 3.60. The SMILES string of the molecule is Cc1ccc(F)cc1NC(=O)C(C)S(=O)(=O)Cc1ccc(F)c(Cl)c1. The summed E-state index contributed by atoms with van der Waals surface area (Å²) in [6.07, 6.45) is 0. The Labute approximate surface area is 149 Å². The summed E-state index contributed by atoms with van der Waals surface area (Å²) in [6.45, 7) is 2.90. The Morgan fingerprint density at radius 1 is 1.20 bits per heavy atom. The molecular formula is C17H16ClF2NO3S. The summed E-state index contributed by atoms with van der Waals surface area (Å²) in [5.41, 5.74) is 1.08. The lowest BCUT2D eigenvalue weighted by molar-refractivity contribution is -0.115. The highest BCUT2D eigenvalue weighted by Crippen LogP contribution is 2.21. The van der Waals surface area contributed by atoms with Crippen LogP contribution in [0.3, 0.4) is 0 Å². The Bertz CT molecular complexity index is 916. The van der Waals surface area contributed by atoms with Crippen molar-refractivity contribution in [1.29, 1.82) is 0 Å². The number of nitrogens with one attached hydrogen (secondary N) is 1. The number of amides is 1. The molecule has 4 nitrogen and oxygen atoms in total. The molecule has 134 valence electrons. The number of sulfone groups is 1. The fraction of sp³-hybridized carbons (Fsp3) is 0.235. The normalized spacial score (nSPS) is 12.7. The van der Waals surface area contributed by atoms with E-state index in [1.165, 1.54) is 31.2 Å². The molecule has 0 aliphatic carbocycles. The highest BCUT2D eigenvalue weighted by Gasteiger charge is 2.28. The molecule has 2 aromatic rings. The van der Waals surface area contributed by atoms with Gasteiger partial charge in [0.2, 0.25) is 5.91 Å². The van der Waals surface area contributed by atoms with Crippen LogP contribution in [0.2, 0.25) is 5.02 Å². The first-order valence-corrected chi connectivity index (χ1v) is 9.42. The molecule has 0 heterocycles. The summed E-state index contributed by atoms with van der Waals surface area (Å²) in [4.78, 5) is 12.2. The molecule has 8 heteroatoms. The second-order valence-electron chi connectivity index (χ2n) is 5.65. The number of hydrogen-bond acceptors (Lipinski definition) is 3. The zero-order valence-electron chi connectivity index (χ0n) is 13.5. The van der Waals surface area contributed by atoms with Crippen LogP contribution in [-0.2, 0) is 20.4 Å². The number of carbonyl (C=O) groups excluding carboxylic acids is 1. The topological polar surface area (TPSA) is 63.2 Å². The number of aryl methyl sites for hydroxylation is 1. The molecule has 0 saturated heterocycles. The van der Waals surface area contributed by atoms with Gasteiger partial charge >= 0.3 is 0 Å². The lowest BCUT2D eigenvalue weighted by Gasteiger charge is -2.15. The van der Waals surface area contributed by atoms with Crippen molar-refractivity contribution in [2.24, 2.45) is 0 Å². The molecule has 1 atom stereocenters. The predicted octanol–water partition coefficient (Wildman–Crippen LogP) is 3.87. The van der Waals surface area contributed by atoms with E-state index in [1.54, 1.807) is 6.92 Å². The minimum Gasteiger partial charge on any atom is -0.325 e. The lowest BCUT2D eigenvalue weighted by Crippen LogP contribution is -2.33. The van der Waals surface area contributed by atoms with Gasteiger partial charge in [-0.1, -0.05) is 23.7 Å². The first-order valence-electron chi connectivity index (χ1n) is 7.32. The lowest BCUT2D eigenvalue weighted by atomic mass is 10.2. The zero-order valence-corrected chi connectivity index (χ0v) is 15.1. The van der Waals surface area contributed by atoms with E-state index < -0.39 is 38.4 Å². The van der Waals surface area contributed by atoms with Gasteiger partial charge in [-0.05, 0) is 49.2 Å². The number of halogens is 3. The first-order chi connectivity index (χ1) is 11.6. The van der Waals surface area contributed by atoms with Crippen LogP contribution >= 0.6 is 11.6 Å². The van der Waals surface area contributed by atoms with E-state index in [4.69, 9.17) is 11.6 Å². The molecule has 2 rings (SSSR count). The average molecular weight is 388 g/mol. The van der Waals surface area contributed by atoms with E-state index in [1.807, 2.05) is 0 Å². The Kier molecular flexibility index (Phi) is 5.80. The van der Waals surface area contributed by atoms with Crippen molar-refractivity contribution >= 4 is 33.0 Å². The maximum Gasteiger partial charge on any atom is 0.242 e. The Morgan fingerprint density at radius 3 is 2.52 bits per heavy atom. The summed E-state index contributed by atoms with van der Waals surface area (Å²) in [7, 11) is -3.87. The first kappa shape index (κ1) is 19.3. The van der Waals surface area contributed by atoms with Crippen molar-refractivity contribution in [3.63, 3.8) is 0 Å². The molecule has 0 saturated carbocycles. The standard InChI is InChI=1S/C17H16ClF2NO3S/c1-10-3-5-13(19)8-16(10)21-17(22)11(2)25(23,24)9-12-4-6-15(20)14(18)7-12/h3-8,11H,9H2,1-2H3,(H,21,22). The van der Waals surface area contributed by atoms with Crippen LogP contribution in [0.4, 0.5) is 14.5 Å². The molecule has 1 N–H and O–H groups in total. The average Bonchev–Trinajstić information content (AvgIpc) is 2.53. The zero-order chi connectivity index (χ0) is 18.8. The summed E-state index contributed by atoms with van der Waals surface area (Å²) < 4.78 is 51.2. The van der Waals surface area contributed by atoms with Crippen LogP contribution in [0.15, 0.2) is 36.4 Å². The van der Waals surface area contributed by atoms with Gasteiger partial charge in [0.15, 0.2) is 9.84 Å². The highest BCUT2D eigenvalue weighted by atomic mass is 35.5. The van der Waals surface area contributed by atoms with Crippen molar-refractivity contribution in [3.05, 3.63) is 64.2 Å². The fourth-order valence-electron chi connectivity index (χ4n) is 2.11. The van der Waals surface area contributed by atoms with Crippen LogP contribution in [0.1, 0.15) is 18.1 Å². The van der Waals surface area contributed by atoms with Gasteiger partial charge in [-0.3, -0.25) is 4.79 Å². The van der Waals surface area contributed by atoms with Gasteiger partial charge in [0.05, 0.1) is 10.8 Å². The van der Waals surface area contributed by atoms with E-state index in [2.05, 4.69) is 5.32 Å². The maximum atomic E-state index is 13.3. The third kappa shape index (κ3) is 4.76. The van der Waals surface area contributed by atoms with E-state index >= 15 is 0 Å². The van der Waals surface area contributed by atoms with Crippen LogP contribution in [0, 0.1) is 18.6 Å². The minimum absolute atomic E-state index is 0.194. The van der Waals surface area contributed by atoms with Crippen LogP contribution in [-0.4, -0.2) is 19.6 Å². The smallest absolute Gasteiger partial charge is 0.242 e. The summed E-state index contributed by atoms with van der Waals surface area (Å²) >= 11 is 5.64. The Morgan fingerprint density at radius 2 is 1.88 bits per heavy atom. The van der Waals surface area contributed by atoms with Crippen LogP contribution in [0.5, 0.6) is 0 Å². The van der Waals surface area contributed by atoms with Gasteiger partial charge in [-0.25, -0.2) is 17.2 Å². The van der Waals surface area contributed by atoms with Gasteiger partial charge in [0.25, 0.3) is 0 Å². The molecule has 0 bridgehead atoms. The molecule has 0 radical (unpaired) electrons. The minimum atomic E-state index is -3.87. The molecule has 0 aliphatic rings. The Balaban J connectivity index is 2.16. The number of carbonyl (C=O) groups is 1. The number of benzene rings is 2. The van der Waals surface area contributed by atoms with E-state index in [0.29, 0.717) is 5.56 Å². The quantitative estimate of drug-likeness (QED) is 0.847. The third-order valence-electron chi connectivity index (χ3n) is 3.72. The molecule has 1 unspecified atom stereocenters. The van der Waals surface area contributed by atoms with Crippen molar-refractivity contribution in [1.82, 2.24) is 0 Å². The summed E-state index contributed by atoms with van der Waals surface area (Å²) in [5, 5.41) is 0.849. The molecule has 0 aliphatic heterocycles. The van der Waals surface area contributed by atoms with Crippen molar-refractivity contribution in [2.45, 2.75) is 24.9 Å². The van der Waals surface area contributed by atoms with Crippen molar-refractivity contribution < 1.29 is 22.0 Å². The Hall–Kier alpha value is -1.99. The van der Waals surface area contributed by atoms with Crippen LogP contribution in [0.25, 0.3) is 0 Å². The van der Waals surface area contributed by atoms with E-state index in [9.17, 15) is 22.0 Å². The van der Waals surface area contributed by atoms with Gasteiger partial charge in [-0.2, -0.15) is 0 Å². The van der Waals surface area contributed by atoms with Gasteiger partial charge in [0, 0.05) is 5.69 Å². The number of rotatable bonds is 5. The van der Waals surface area contributed by atoms with Crippen molar-refractivity contribution in [2.75, 3.05) is 5.32 Å². The summed E-state index contributed by atoms with van der Waals surface area (Å²) in [5.74, 6) is -2.45. The second kappa shape index (κ2) is 7.49. The van der Waals surface area contributed by atoms with Gasteiger partial charge in [-0.15, -0.1) is 0 Å². The molecular weight excluding hydrogens is 372 g/mol. The van der Waals surface area contributed by atoms with Gasteiger partial charge in [0.1, 0.15) is 16.9 Å². The molecule has 0 spiro atoms. The molecule has 2 aromatic carbocycles.